The monoisotopic (exact) mass is 379 g/mol. The molecule has 3 nitrogen and oxygen atoms in total. The van der Waals surface area contributed by atoms with Crippen LogP contribution in [0.4, 0.5) is 0 Å². The third kappa shape index (κ3) is 5.43. The number of nitrogens with two attached hydrogens (primary N) is 1. The maximum Gasteiger partial charge on any atom is 0.277 e. The van der Waals surface area contributed by atoms with E-state index in [9.17, 15) is 4.79 Å². The van der Waals surface area contributed by atoms with Crippen molar-refractivity contribution in [3.8, 4) is 0 Å². The Balaban J connectivity index is 1.66. The molecule has 0 spiro atoms. The zero-order chi connectivity index (χ0) is 19.1. The summed E-state index contributed by atoms with van der Waals surface area (Å²) < 4.78 is 0. The first-order valence-electron chi connectivity index (χ1n) is 9.05. The molecule has 0 unspecified atom stereocenters. The van der Waals surface area contributed by atoms with E-state index in [1.165, 1.54) is 11.1 Å². The third-order valence-corrected chi connectivity index (χ3v) is 4.86. The standard InChI is InChI=1S/C23H23ClN2O/c1-26(17-18-12-14-21(24)15-13-18)22(27)16-25-23(19-8-4-2-5-9-19)20-10-6-3-7-11-20/h2-15,23,25H,16-17H2,1H3/p+1. The van der Waals surface area contributed by atoms with Crippen LogP contribution in [-0.4, -0.2) is 24.4 Å². The van der Waals surface area contributed by atoms with Crippen molar-refractivity contribution in [2.24, 2.45) is 0 Å². The average Bonchev–Trinajstić information content (AvgIpc) is 2.71. The molecule has 0 atom stereocenters. The molecule has 0 heterocycles. The molecular weight excluding hydrogens is 356 g/mol. The van der Waals surface area contributed by atoms with E-state index < -0.39 is 0 Å². The highest BCUT2D eigenvalue weighted by Gasteiger charge is 2.20. The van der Waals surface area contributed by atoms with Crippen LogP contribution in [0.3, 0.4) is 0 Å². The zero-order valence-corrected chi connectivity index (χ0v) is 16.1. The number of hydrogen-bond donors (Lipinski definition) is 1. The molecule has 27 heavy (non-hydrogen) atoms. The van der Waals surface area contributed by atoms with Gasteiger partial charge < -0.3 is 10.2 Å². The van der Waals surface area contributed by atoms with E-state index in [1.54, 1.807) is 4.90 Å². The lowest BCUT2D eigenvalue weighted by atomic mass is 9.99. The smallest absolute Gasteiger partial charge is 0.277 e. The van der Waals surface area contributed by atoms with Gasteiger partial charge in [-0.15, -0.1) is 0 Å². The summed E-state index contributed by atoms with van der Waals surface area (Å²) in [7, 11) is 1.84. The van der Waals surface area contributed by atoms with Gasteiger partial charge in [0.15, 0.2) is 6.54 Å². The van der Waals surface area contributed by atoms with Crippen LogP contribution >= 0.6 is 11.6 Å². The van der Waals surface area contributed by atoms with Gasteiger partial charge in [0.05, 0.1) is 0 Å². The fourth-order valence-electron chi connectivity index (χ4n) is 3.11. The van der Waals surface area contributed by atoms with Gasteiger partial charge in [0.2, 0.25) is 0 Å². The van der Waals surface area contributed by atoms with Crippen LogP contribution in [0.5, 0.6) is 0 Å². The predicted molar refractivity (Wildman–Crippen MR) is 109 cm³/mol. The number of likely N-dealkylation sites (N-methyl/N-ethyl adjacent to an activating group) is 1. The average molecular weight is 380 g/mol. The number of quaternary nitrogens is 1. The number of rotatable bonds is 7. The molecular formula is C23H24ClN2O+. The molecule has 0 aromatic heterocycles. The molecule has 0 saturated carbocycles. The maximum atomic E-state index is 12.7. The van der Waals surface area contributed by atoms with Gasteiger partial charge in [-0.2, -0.15) is 0 Å². The number of nitrogens with zero attached hydrogens (tertiary/aromatic N) is 1. The normalized spacial score (nSPS) is 10.8. The van der Waals surface area contributed by atoms with Crippen LogP contribution in [0.1, 0.15) is 22.7 Å². The minimum atomic E-state index is 0.0975. The van der Waals surface area contributed by atoms with Gasteiger partial charge >= 0.3 is 0 Å². The molecule has 0 radical (unpaired) electrons. The van der Waals surface area contributed by atoms with E-state index >= 15 is 0 Å². The summed E-state index contributed by atoms with van der Waals surface area (Å²) >= 11 is 5.93. The summed E-state index contributed by atoms with van der Waals surface area (Å²) in [6.45, 7) is 0.962. The molecule has 3 rings (SSSR count). The third-order valence-electron chi connectivity index (χ3n) is 4.60. The second-order valence-corrected chi connectivity index (χ2v) is 7.05. The van der Waals surface area contributed by atoms with Gasteiger partial charge in [0, 0.05) is 29.7 Å². The van der Waals surface area contributed by atoms with Crippen molar-refractivity contribution in [1.29, 1.82) is 0 Å². The van der Waals surface area contributed by atoms with Crippen molar-refractivity contribution in [2.45, 2.75) is 12.6 Å². The molecule has 0 saturated heterocycles. The van der Waals surface area contributed by atoms with E-state index in [4.69, 9.17) is 11.6 Å². The molecule has 4 heteroatoms. The topological polar surface area (TPSA) is 36.9 Å². The summed E-state index contributed by atoms with van der Waals surface area (Å²) in [4.78, 5) is 14.4. The van der Waals surface area contributed by atoms with Crippen molar-refractivity contribution in [1.82, 2.24) is 4.90 Å². The van der Waals surface area contributed by atoms with Crippen LogP contribution in [0, 0.1) is 0 Å². The molecule has 0 aliphatic carbocycles. The first-order chi connectivity index (χ1) is 13.1. The highest BCUT2D eigenvalue weighted by molar-refractivity contribution is 6.30. The molecule has 0 aliphatic rings. The molecule has 1 amide bonds. The second-order valence-electron chi connectivity index (χ2n) is 6.62. The van der Waals surface area contributed by atoms with E-state index in [0.717, 1.165) is 5.56 Å². The fraction of sp³-hybridized carbons (Fsp3) is 0.174. The van der Waals surface area contributed by atoms with Crippen molar-refractivity contribution in [2.75, 3.05) is 13.6 Å². The Morgan fingerprint density at radius 3 is 1.93 bits per heavy atom. The highest BCUT2D eigenvalue weighted by Crippen LogP contribution is 2.17. The Morgan fingerprint density at radius 1 is 0.889 bits per heavy atom. The van der Waals surface area contributed by atoms with Gasteiger partial charge in [-0.3, -0.25) is 4.79 Å². The SMILES string of the molecule is CN(Cc1ccc(Cl)cc1)C(=O)C[NH2+]C(c1ccccc1)c1ccccc1. The number of amides is 1. The minimum absolute atomic E-state index is 0.0975. The van der Waals surface area contributed by atoms with E-state index in [-0.39, 0.29) is 11.9 Å². The summed E-state index contributed by atoms with van der Waals surface area (Å²) in [5.74, 6) is 0.0989. The zero-order valence-electron chi connectivity index (χ0n) is 15.4. The van der Waals surface area contributed by atoms with Crippen LogP contribution in [0.15, 0.2) is 84.9 Å². The Hall–Kier alpha value is -2.62. The molecule has 0 bridgehead atoms. The number of benzene rings is 3. The van der Waals surface area contributed by atoms with E-state index in [0.29, 0.717) is 18.1 Å². The van der Waals surface area contributed by atoms with E-state index in [1.807, 2.05) is 67.7 Å². The number of hydrogen-bond acceptors (Lipinski definition) is 1. The Kier molecular flexibility index (Phi) is 6.64. The largest absolute Gasteiger partial charge is 0.337 e. The van der Waals surface area contributed by atoms with Crippen molar-refractivity contribution >= 4 is 17.5 Å². The number of carbonyl (C=O) groups excluding carboxylic acids is 1. The molecule has 138 valence electrons. The van der Waals surface area contributed by atoms with Crippen LogP contribution in [0.2, 0.25) is 5.02 Å². The lowest BCUT2D eigenvalue weighted by Crippen LogP contribution is -2.87. The number of carbonyl (C=O) groups is 1. The van der Waals surface area contributed by atoms with Crippen LogP contribution < -0.4 is 5.32 Å². The minimum Gasteiger partial charge on any atom is -0.337 e. The lowest BCUT2D eigenvalue weighted by molar-refractivity contribution is -0.677. The molecule has 0 fully saturated rings. The predicted octanol–water partition coefficient (Wildman–Crippen LogP) is 3.65. The maximum absolute atomic E-state index is 12.7. The Labute approximate surface area is 165 Å². The van der Waals surface area contributed by atoms with Crippen LogP contribution in [-0.2, 0) is 11.3 Å². The van der Waals surface area contributed by atoms with Gasteiger partial charge in [0.25, 0.3) is 5.91 Å². The van der Waals surface area contributed by atoms with E-state index in [2.05, 4.69) is 29.6 Å². The second kappa shape index (κ2) is 9.36. The summed E-state index contributed by atoms with van der Waals surface area (Å²) in [6, 6.07) is 28.3. The fourth-order valence-corrected chi connectivity index (χ4v) is 3.24. The molecule has 3 aromatic carbocycles. The van der Waals surface area contributed by atoms with Crippen molar-refractivity contribution in [3.05, 3.63) is 107 Å². The van der Waals surface area contributed by atoms with Crippen LogP contribution in [0.25, 0.3) is 0 Å². The van der Waals surface area contributed by atoms with Gasteiger partial charge in [-0.25, -0.2) is 0 Å². The molecule has 0 aliphatic heterocycles. The number of halogens is 1. The quantitative estimate of drug-likeness (QED) is 0.668. The molecule has 3 aromatic rings. The van der Waals surface area contributed by atoms with Gasteiger partial charge in [-0.1, -0.05) is 84.4 Å². The van der Waals surface area contributed by atoms with Gasteiger partial charge in [0.1, 0.15) is 6.04 Å². The van der Waals surface area contributed by atoms with Gasteiger partial charge in [-0.05, 0) is 17.7 Å². The lowest BCUT2D eigenvalue weighted by Gasteiger charge is -2.20. The first-order valence-corrected chi connectivity index (χ1v) is 9.43. The summed E-state index contributed by atoms with van der Waals surface area (Å²) in [5, 5.41) is 2.81. The Morgan fingerprint density at radius 2 is 1.41 bits per heavy atom. The molecule has 2 N–H and O–H groups in total. The summed E-state index contributed by atoms with van der Waals surface area (Å²) in [5.41, 5.74) is 3.45. The first kappa shape index (κ1) is 19.2. The van der Waals surface area contributed by atoms with Crippen molar-refractivity contribution in [3.63, 3.8) is 0 Å². The highest BCUT2D eigenvalue weighted by atomic mass is 35.5. The summed E-state index contributed by atoms with van der Waals surface area (Å²) in [6.07, 6.45) is 0. The Bertz CT molecular complexity index is 811. The van der Waals surface area contributed by atoms with Crippen molar-refractivity contribution < 1.29 is 10.1 Å².